The highest BCUT2D eigenvalue weighted by atomic mass is 19.2. The van der Waals surface area contributed by atoms with Crippen molar-refractivity contribution >= 4 is 17.5 Å². The molecule has 1 fully saturated rings. The second-order valence-electron chi connectivity index (χ2n) is 5.13. The summed E-state index contributed by atoms with van der Waals surface area (Å²) in [6.07, 6.45) is 3.65. The maximum atomic E-state index is 13.6. The van der Waals surface area contributed by atoms with Crippen LogP contribution in [0.5, 0.6) is 0 Å². The second kappa shape index (κ2) is 6.82. The van der Waals surface area contributed by atoms with Crippen LogP contribution in [0.25, 0.3) is 0 Å². The van der Waals surface area contributed by atoms with Gasteiger partial charge in [-0.1, -0.05) is 0 Å². The summed E-state index contributed by atoms with van der Waals surface area (Å²) in [7, 11) is 0. The van der Waals surface area contributed by atoms with Crippen LogP contribution in [-0.2, 0) is 4.74 Å². The van der Waals surface area contributed by atoms with Gasteiger partial charge >= 0.3 is 0 Å². The summed E-state index contributed by atoms with van der Waals surface area (Å²) in [5.74, 6) is -3.50. The van der Waals surface area contributed by atoms with Crippen molar-refractivity contribution in [2.45, 2.75) is 18.9 Å². The van der Waals surface area contributed by atoms with Gasteiger partial charge in [0, 0.05) is 19.3 Å². The molecule has 1 unspecified atom stereocenters. The molecule has 1 aliphatic heterocycles. The predicted molar refractivity (Wildman–Crippen MR) is 79.1 cm³/mol. The molecule has 5 nitrogen and oxygen atoms in total. The number of aromatic nitrogens is 2. The number of halogens is 3. The van der Waals surface area contributed by atoms with Crippen molar-refractivity contribution in [2.24, 2.45) is 0 Å². The molecule has 23 heavy (non-hydrogen) atoms. The fourth-order valence-corrected chi connectivity index (χ4v) is 2.28. The van der Waals surface area contributed by atoms with Crippen molar-refractivity contribution in [1.82, 2.24) is 9.97 Å². The fourth-order valence-electron chi connectivity index (χ4n) is 2.28. The van der Waals surface area contributed by atoms with Crippen molar-refractivity contribution < 1.29 is 17.9 Å². The third kappa shape index (κ3) is 3.70. The van der Waals surface area contributed by atoms with E-state index in [2.05, 4.69) is 20.6 Å². The molecule has 1 aromatic heterocycles. The average molecular weight is 324 g/mol. The minimum absolute atomic E-state index is 0.0762. The Labute approximate surface area is 130 Å². The molecule has 0 spiro atoms. The largest absolute Gasteiger partial charge is 0.376 e. The quantitative estimate of drug-likeness (QED) is 0.827. The highest BCUT2D eigenvalue weighted by Crippen LogP contribution is 2.22. The van der Waals surface area contributed by atoms with Gasteiger partial charge in [0.2, 0.25) is 5.95 Å². The van der Waals surface area contributed by atoms with E-state index in [1.807, 2.05) is 0 Å². The molecule has 0 bridgehead atoms. The normalized spacial score (nSPS) is 17.3. The minimum Gasteiger partial charge on any atom is -0.376 e. The Morgan fingerprint density at radius 1 is 1.17 bits per heavy atom. The number of nitrogens with zero attached hydrogens (tertiary/aromatic N) is 2. The van der Waals surface area contributed by atoms with E-state index in [9.17, 15) is 13.2 Å². The Bertz CT molecular complexity index is 692. The Kier molecular flexibility index (Phi) is 4.61. The smallest absolute Gasteiger partial charge is 0.229 e. The zero-order chi connectivity index (χ0) is 16.2. The van der Waals surface area contributed by atoms with Gasteiger partial charge in [0.05, 0.1) is 11.8 Å². The van der Waals surface area contributed by atoms with Crippen LogP contribution in [0.1, 0.15) is 12.8 Å². The van der Waals surface area contributed by atoms with Crippen LogP contribution in [0, 0.1) is 17.5 Å². The lowest BCUT2D eigenvalue weighted by Gasteiger charge is -2.12. The molecule has 0 amide bonds. The highest BCUT2D eigenvalue weighted by molar-refractivity contribution is 5.55. The van der Waals surface area contributed by atoms with Gasteiger partial charge < -0.3 is 15.4 Å². The number of benzene rings is 1. The molecule has 122 valence electrons. The minimum atomic E-state index is -1.54. The summed E-state index contributed by atoms with van der Waals surface area (Å²) in [5.41, 5.74) is -0.236. The maximum Gasteiger partial charge on any atom is 0.229 e. The fraction of sp³-hybridized carbons (Fsp3) is 0.333. The summed E-state index contributed by atoms with van der Waals surface area (Å²) >= 11 is 0. The first-order valence-electron chi connectivity index (χ1n) is 7.22. The lowest BCUT2D eigenvalue weighted by atomic mass is 10.2. The second-order valence-corrected chi connectivity index (χ2v) is 5.13. The van der Waals surface area contributed by atoms with Gasteiger partial charge in [-0.15, -0.1) is 0 Å². The molecule has 2 aromatic rings. The summed E-state index contributed by atoms with van der Waals surface area (Å²) in [4.78, 5) is 8.08. The van der Waals surface area contributed by atoms with E-state index < -0.39 is 17.5 Å². The molecule has 0 saturated carbocycles. The zero-order valence-electron chi connectivity index (χ0n) is 12.2. The van der Waals surface area contributed by atoms with Crippen molar-refractivity contribution in [3.8, 4) is 0 Å². The number of rotatable bonds is 5. The van der Waals surface area contributed by atoms with Gasteiger partial charge in [-0.05, 0) is 31.0 Å². The van der Waals surface area contributed by atoms with Crippen molar-refractivity contribution in [3.05, 3.63) is 41.8 Å². The van der Waals surface area contributed by atoms with Gasteiger partial charge in [0.25, 0.3) is 0 Å². The number of hydrogen-bond acceptors (Lipinski definition) is 5. The van der Waals surface area contributed by atoms with Gasteiger partial charge in [-0.2, -0.15) is 4.98 Å². The summed E-state index contributed by atoms with van der Waals surface area (Å²) in [5, 5.41) is 5.64. The van der Waals surface area contributed by atoms with Gasteiger partial charge in [-0.25, -0.2) is 18.2 Å². The van der Waals surface area contributed by atoms with Crippen LogP contribution in [0.2, 0.25) is 0 Å². The molecule has 1 saturated heterocycles. The third-order valence-corrected chi connectivity index (χ3v) is 3.47. The van der Waals surface area contributed by atoms with Crippen molar-refractivity contribution in [3.63, 3.8) is 0 Å². The average Bonchev–Trinajstić information content (AvgIpc) is 3.07. The summed E-state index contributed by atoms with van der Waals surface area (Å²) in [6, 6.07) is 3.57. The molecular weight excluding hydrogens is 309 g/mol. The number of hydrogen-bond donors (Lipinski definition) is 2. The van der Waals surface area contributed by atoms with E-state index >= 15 is 0 Å². The monoisotopic (exact) mass is 324 g/mol. The Morgan fingerprint density at radius 3 is 2.83 bits per heavy atom. The van der Waals surface area contributed by atoms with E-state index in [1.54, 1.807) is 6.07 Å². The molecule has 2 heterocycles. The molecule has 1 aliphatic rings. The SMILES string of the molecule is Fc1ccc(Nc2nccc(NCC3CCCO3)n2)c(F)c1F. The van der Waals surface area contributed by atoms with Crippen LogP contribution >= 0.6 is 0 Å². The summed E-state index contributed by atoms with van der Waals surface area (Å²) < 4.78 is 45.3. The lowest BCUT2D eigenvalue weighted by molar-refractivity contribution is 0.120. The van der Waals surface area contributed by atoms with E-state index in [-0.39, 0.29) is 17.7 Å². The van der Waals surface area contributed by atoms with Crippen molar-refractivity contribution in [1.29, 1.82) is 0 Å². The molecule has 3 rings (SSSR count). The Balaban J connectivity index is 1.68. The van der Waals surface area contributed by atoms with Crippen LogP contribution in [0.3, 0.4) is 0 Å². The van der Waals surface area contributed by atoms with Crippen LogP contribution in [0.15, 0.2) is 24.4 Å². The van der Waals surface area contributed by atoms with Gasteiger partial charge in [0.15, 0.2) is 17.5 Å². The third-order valence-electron chi connectivity index (χ3n) is 3.47. The van der Waals surface area contributed by atoms with E-state index in [4.69, 9.17) is 4.74 Å². The molecule has 0 aliphatic carbocycles. The highest BCUT2D eigenvalue weighted by Gasteiger charge is 2.16. The van der Waals surface area contributed by atoms with Gasteiger partial charge in [0.1, 0.15) is 5.82 Å². The number of nitrogens with one attached hydrogen (secondary N) is 2. The Hall–Kier alpha value is -2.35. The molecule has 0 radical (unpaired) electrons. The zero-order valence-corrected chi connectivity index (χ0v) is 12.2. The first kappa shape index (κ1) is 15.5. The molecule has 2 N–H and O–H groups in total. The Morgan fingerprint density at radius 2 is 2.04 bits per heavy atom. The van der Waals surface area contributed by atoms with Crippen molar-refractivity contribution in [2.75, 3.05) is 23.8 Å². The molecule has 1 aromatic carbocycles. The van der Waals surface area contributed by atoms with Crippen LogP contribution in [-0.4, -0.2) is 29.2 Å². The maximum absolute atomic E-state index is 13.6. The predicted octanol–water partition coefficient (Wildman–Crippen LogP) is 3.23. The standard InChI is InChI=1S/C15H15F3N4O/c16-10-3-4-11(14(18)13(10)17)21-15-19-6-5-12(22-15)20-8-9-2-1-7-23-9/h3-6,9H,1-2,7-8H2,(H2,19,20,21,22). The van der Waals surface area contributed by atoms with E-state index in [1.165, 1.54) is 6.20 Å². The number of ether oxygens (including phenoxy) is 1. The first-order chi connectivity index (χ1) is 11.1. The molecule has 1 atom stereocenters. The molecule has 8 heteroatoms. The van der Waals surface area contributed by atoms with Gasteiger partial charge in [-0.3, -0.25) is 0 Å². The molecular formula is C15H15F3N4O. The summed E-state index contributed by atoms with van der Waals surface area (Å²) in [6.45, 7) is 1.37. The lowest BCUT2D eigenvalue weighted by Crippen LogP contribution is -2.19. The van der Waals surface area contributed by atoms with E-state index in [0.29, 0.717) is 12.4 Å². The first-order valence-corrected chi connectivity index (χ1v) is 7.22. The van der Waals surface area contributed by atoms with Crippen LogP contribution < -0.4 is 10.6 Å². The topological polar surface area (TPSA) is 59.1 Å². The van der Waals surface area contributed by atoms with Crippen LogP contribution in [0.4, 0.5) is 30.6 Å². The number of anilines is 3. The van der Waals surface area contributed by atoms with E-state index in [0.717, 1.165) is 31.6 Å².